The van der Waals surface area contributed by atoms with Gasteiger partial charge in [0.25, 0.3) is 0 Å². The molecular formula is C20H17N3S2. The highest BCUT2D eigenvalue weighted by molar-refractivity contribution is 7.99. The maximum Gasteiger partial charge on any atom is 0.146 e. The van der Waals surface area contributed by atoms with Gasteiger partial charge in [0.05, 0.1) is 9.71 Å². The Balaban J connectivity index is 1.62. The molecule has 0 fully saturated rings. The van der Waals surface area contributed by atoms with E-state index in [9.17, 15) is 0 Å². The molecule has 0 aliphatic heterocycles. The van der Waals surface area contributed by atoms with Crippen LogP contribution < -0.4 is 0 Å². The smallest absolute Gasteiger partial charge is 0.146 e. The molecule has 0 bridgehead atoms. The van der Waals surface area contributed by atoms with Gasteiger partial charge in [-0.15, -0.1) is 33.3 Å². The van der Waals surface area contributed by atoms with Gasteiger partial charge in [-0.2, -0.15) is 0 Å². The molecule has 5 heteroatoms. The molecule has 3 nitrogen and oxygen atoms in total. The van der Waals surface area contributed by atoms with E-state index < -0.39 is 0 Å². The van der Waals surface area contributed by atoms with Gasteiger partial charge in [-0.1, -0.05) is 60.7 Å². The molecule has 0 saturated carbocycles. The number of benzene rings is 2. The molecule has 2 aromatic heterocycles. The first-order chi connectivity index (χ1) is 12.3. The number of hydrogen-bond donors (Lipinski definition) is 0. The van der Waals surface area contributed by atoms with E-state index in [4.69, 9.17) is 4.98 Å². The van der Waals surface area contributed by atoms with Crippen LogP contribution in [0.3, 0.4) is 0 Å². The summed E-state index contributed by atoms with van der Waals surface area (Å²) in [5, 5.41) is 11.0. The first kappa shape index (κ1) is 16.2. The van der Waals surface area contributed by atoms with Crippen molar-refractivity contribution >= 4 is 33.3 Å². The van der Waals surface area contributed by atoms with Crippen LogP contribution in [-0.4, -0.2) is 20.9 Å². The number of nitrogens with zero attached hydrogens (tertiary/aromatic N) is 3. The van der Waals surface area contributed by atoms with Crippen LogP contribution in [0.15, 0.2) is 65.7 Å². The zero-order valence-corrected chi connectivity index (χ0v) is 15.5. The second kappa shape index (κ2) is 7.33. The van der Waals surface area contributed by atoms with Crippen molar-refractivity contribution < 1.29 is 0 Å². The van der Waals surface area contributed by atoms with E-state index in [1.54, 1.807) is 23.1 Å². The average Bonchev–Trinajstić information content (AvgIpc) is 3.05. The van der Waals surface area contributed by atoms with Crippen molar-refractivity contribution in [1.29, 1.82) is 0 Å². The van der Waals surface area contributed by atoms with Crippen molar-refractivity contribution in [2.24, 2.45) is 0 Å². The van der Waals surface area contributed by atoms with Crippen molar-refractivity contribution in [3.8, 4) is 11.3 Å². The lowest BCUT2D eigenvalue weighted by Crippen LogP contribution is -1.94. The van der Waals surface area contributed by atoms with Crippen molar-refractivity contribution in [2.45, 2.75) is 18.4 Å². The summed E-state index contributed by atoms with van der Waals surface area (Å²) in [6, 6.07) is 20.7. The fourth-order valence-corrected chi connectivity index (χ4v) is 4.62. The fraction of sp³-hybridized carbons (Fsp3) is 0.150. The number of fused-ring (bicyclic) bond motifs is 1. The molecule has 25 heavy (non-hydrogen) atoms. The lowest BCUT2D eigenvalue weighted by Gasteiger charge is -2.05. The molecule has 0 atom stereocenters. The second-order valence-corrected chi connectivity index (χ2v) is 8.00. The number of aryl methyl sites for hydroxylation is 2. The minimum Gasteiger partial charge on any atom is -0.238 e. The molecule has 0 radical (unpaired) electrons. The predicted molar refractivity (Wildman–Crippen MR) is 106 cm³/mol. The average molecular weight is 364 g/mol. The van der Waals surface area contributed by atoms with E-state index in [1.807, 2.05) is 31.2 Å². The molecule has 0 aliphatic rings. The summed E-state index contributed by atoms with van der Waals surface area (Å²) in [5.41, 5.74) is 4.34. The van der Waals surface area contributed by atoms with E-state index in [0.29, 0.717) is 0 Å². The third kappa shape index (κ3) is 3.57. The third-order valence-electron chi connectivity index (χ3n) is 3.91. The number of thiazole rings is 1. The second-order valence-electron chi connectivity index (χ2n) is 5.71. The summed E-state index contributed by atoms with van der Waals surface area (Å²) in [5.74, 6) is 0.967. The minimum atomic E-state index is 0.925. The van der Waals surface area contributed by atoms with Crippen molar-refractivity contribution in [2.75, 3.05) is 5.75 Å². The van der Waals surface area contributed by atoms with Gasteiger partial charge in [0.15, 0.2) is 0 Å². The molecule has 4 aromatic rings. The highest BCUT2D eigenvalue weighted by Gasteiger charge is 2.15. The first-order valence-corrected chi connectivity index (χ1v) is 9.97. The molecule has 2 heterocycles. The van der Waals surface area contributed by atoms with Crippen LogP contribution in [0.4, 0.5) is 0 Å². The van der Waals surface area contributed by atoms with E-state index >= 15 is 0 Å². The number of aromatic nitrogens is 3. The molecule has 0 saturated heterocycles. The van der Waals surface area contributed by atoms with Crippen molar-refractivity contribution in [3.63, 3.8) is 0 Å². The number of hydrogen-bond acceptors (Lipinski definition) is 5. The molecule has 124 valence electrons. The molecule has 0 spiro atoms. The number of rotatable bonds is 5. The van der Waals surface area contributed by atoms with E-state index in [1.165, 1.54) is 5.56 Å². The molecule has 4 rings (SSSR count). The lowest BCUT2D eigenvalue weighted by atomic mass is 10.1. The standard InChI is InChI=1S/C20H17N3S2/c1-14-21-18-19(25-14)17(16-10-6-3-7-11-16)22-23-20(18)24-13-12-15-8-4-2-5-9-15/h2-11H,12-13H2,1H3. The van der Waals surface area contributed by atoms with E-state index in [2.05, 4.69) is 46.6 Å². The van der Waals surface area contributed by atoms with Crippen LogP contribution in [0.1, 0.15) is 10.6 Å². The van der Waals surface area contributed by atoms with Crippen LogP contribution >= 0.6 is 23.1 Å². The van der Waals surface area contributed by atoms with Gasteiger partial charge in [0.2, 0.25) is 0 Å². The Labute approximate surface area is 155 Å². The van der Waals surface area contributed by atoms with Crippen LogP contribution in [-0.2, 0) is 6.42 Å². The van der Waals surface area contributed by atoms with Crippen molar-refractivity contribution in [3.05, 3.63) is 71.2 Å². The summed E-state index contributed by atoms with van der Waals surface area (Å²) in [4.78, 5) is 4.72. The Morgan fingerprint density at radius 2 is 1.64 bits per heavy atom. The maximum absolute atomic E-state index is 4.72. The summed E-state index contributed by atoms with van der Waals surface area (Å²) in [7, 11) is 0. The summed E-state index contributed by atoms with van der Waals surface area (Å²) in [6.07, 6.45) is 1.01. The Kier molecular flexibility index (Phi) is 4.76. The zero-order valence-electron chi connectivity index (χ0n) is 13.8. The Morgan fingerprint density at radius 1 is 0.920 bits per heavy atom. The number of thioether (sulfide) groups is 1. The predicted octanol–water partition coefficient (Wildman–Crippen LogP) is 5.40. The quantitative estimate of drug-likeness (QED) is 0.445. The molecule has 0 unspecified atom stereocenters. The zero-order chi connectivity index (χ0) is 17.1. The third-order valence-corrected chi connectivity index (χ3v) is 5.85. The molecule has 0 N–H and O–H groups in total. The lowest BCUT2D eigenvalue weighted by molar-refractivity contribution is 0.954. The summed E-state index contributed by atoms with van der Waals surface area (Å²) >= 11 is 3.42. The van der Waals surface area contributed by atoms with Gasteiger partial charge in [-0.25, -0.2) is 4.98 Å². The summed E-state index contributed by atoms with van der Waals surface area (Å²) in [6.45, 7) is 2.04. The van der Waals surface area contributed by atoms with Crippen molar-refractivity contribution in [1.82, 2.24) is 15.2 Å². The van der Waals surface area contributed by atoms with Gasteiger partial charge < -0.3 is 0 Å². The van der Waals surface area contributed by atoms with Gasteiger partial charge >= 0.3 is 0 Å². The molecule has 0 amide bonds. The van der Waals surface area contributed by atoms with E-state index in [0.717, 1.165) is 43.7 Å². The monoisotopic (exact) mass is 363 g/mol. The highest BCUT2D eigenvalue weighted by atomic mass is 32.2. The van der Waals surface area contributed by atoms with Crippen LogP contribution in [0, 0.1) is 6.92 Å². The van der Waals surface area contributed by atoms with Gasteiger partial charge in [-0.3, -0.25) is 0 Å². The normalized spacial score (nSPS) is 11.1. The Bertz CT molecular complexity index is 982. The highest BCUT2D eigenvalue weighted by Crippen LogP contribution is 2.35. The molecular weight excluding hydrogens is 346 g/mol. The van der Waals surface area contributed by atoms with E-state index in [-0.39, 0.29) is 0 Å². The molecule has 0 aliphatic carbocycles. The SMILES string of the molecule is Cc1nc2c(SCCc3ccccc3)nnc(-c3ccccc3)c2s1. The fourth-order valence-electron chi connectivity index (χ4n) is 2.71. The topological polar surface area (TPSA) is 38.7 Å². The summed E-state index contributed by atoms with van der Waals surface area (Å²) < 4.78 is 1.13. The Hall–Kier alpha value is -2.24. The van der Waals surface area contributed by atoms with Crippen LogP contribution in [0.25, 0.3) is 21.5 Å². The van der Waals surface area contributed by atoms with Gasteiger partial charge in [-0.05, 0) is 18.9 Å². The minimum absolute atomic E-state index is 0.925. The first-order valence-electron chi connectivity index (χ1n) is 8.17. The molecule has 2 aromatic carbocycles. The largest absolute Gasteiger partial charge is 0.238 e. The van der Waals surface area contributed by atoms with Gasteiger partial charge in [0.1, 0.15) is 16.2 Å². The van der Waals surface area contributed by atoms with Crippen LogP contribution in [0.2, 0.25) is 0 Å². The Morgan fingerprint density at radius 3 is 2.40 bits per heavy atom. The van der Waals surface area contributed by atoms with Gasteiger partial charge in [0, 0.05) is 11.3 Å². The van der Waals surface area contributed by atoms with Crippen LogP contribution in [0.5, 0.6) is 0 Å². The maximum atomic E-state index is 4.72.